The number of carbonyl (C=O) groups is 1. The summed E-state index contributed by atoms with van der Waals surface area (Å²) in [7, 11) is 3.17. The van der Waals surface area contributed by atoms with E-state index in [1.165, 1.54) is 0 Å². The van der Waals surface area contributed by atoms with Gasteiger partial charge in [0.15, 0.2) is 12.1 Å². The highest BCUT2D eigenvalue weighted by Crippen LogP contribution is 2.47. The molecule has 1 spiro atoms. The van der Waals surface area contributed by atoms with Crippen molar-refractivity contribution in [3.05, 3.63) is 59.3 Å². The smallest absolute Gasteiger partial charge is 0.316 e. The number of aliphatic hydroxyl groups is 2. The molecule has 0 aromatic rings. The first-order valence-corrected chi connectivity index (χ1v) is 19.1. The highest BCUT2D eigenvalue weighted by Gasteiger charge is 2.60. The summed E-state index contributed by atoms with van der Waals surface area (Å²) in [5.41, 5.74) is 0.672. The van der Waals surface area contributed by atoms with Gasteiger partial charge in [-0.25, -0.2) is 0 Å². The maximum Gasteiger partial charge on any atom is 0.316 e. The summed E-state index contributed by atoms with van der Waals surface area (Å²) in [6, 6.07) is 0. The number of carbonyl (C=O) groups excluding carboxylic acids is 1. The van der Waals surface area contributed by atoms with Gasteiger partial charge < -0.3 is 48.1 Å². The second-order valence-corrected chi connectivity index (χ2v) is 16.1. The van der Waals surface area contributed by atoms with E-state index in [2.05, 4.69) is 39.8 Å². The molecule has 5 heterocycles. The lowest BCUT2D eigenvalue weighted by Gasteiger charge is -2.48. The van der Waals surface area contributed by atoms with Gasteiger partial charge in [-0.1, -0.05) is 64.2 Å². The lowest BCUT2D eigenvalue weighted by molar-refractivity contribution is -0.299. The second kappa shape index (κ2) is 15.9. The Bertz CT molecular complexity index is 1450. The Morgan fingerprint density at radius 3 is 2.44 bits per heavy atom. The van der Waals surface area contributed by atoms with Crippen LogP contribution in [-0.4, -0.2) is 110 Å². The van der Waals surface area contributed by atoms with Gasteiger partial charge in [0.2, 0.25) is 0 Å². The fourth-order valence-electron chi connectivity index (χ4n) is 9.04. The Kier molecular flexibility index (Phi) is 12.1. The molecule has 52 heavy (non-hydrogen) atoms. The Labute approximate surface area is 309 Å². The number of esters is 1. The minimum absolute atomic E-state index is 0.0762. The number of hydrogen-bond acceptors (Lipinski definition) is 11. The zero-order chi connectivity index (χ0) is 37.5. The molecule has 11 heteroatoms. The van der Waals surface area contributed by atoms with E-state index in [-0.39, 0.29) is 36.6 Å². The summed E-state index contributed by atoms with van der Waals surface area (Å²) in [5, 5.41) is 23.2. The maximum atomic E-state index is 14.3. The summed E-state index contributed by atoms with van der Waals surface area (Å²) < 4.78 is 50.4. The Hall–Kier alpha value is -2.19. The van der Waals surface area contributed by atoms with Gasteiger partial charge in [-0.2, -0.15) is 0 Å². The molecule has 15 atom stereocenters. The molecular formula is C41H60O11. The third-order valence-electron chi connectivity index (χ3n) is 11.9. The predicted octanol–water partition coefficient (Wildman–Crippen LogP) is 5.11. The quantitative estimate of drug-likeness (QED) is 0.290. The molecule has 0 amide bonds. The lowest BCUT2D eigenvalue weighted by Crippen LogP contribution is -2.58. The Morgan fingerprint density at radius 2 is 1.73 bits per heavy atom. The highest BCUT2D eigenvalue weighted by atomic mass is 16.7. The van der Waals surface area contributed by atoms with Crippen molar-refractivity contribution in [2.45, 2.75) is 147 Å². The van der Waals surface area contributed by atoms with Crippen LogP contribution in [0, 0.1) is 23.7 Å². The molecule has 6 aliphatic rings. The van der Waals surface area contributed by atoms with Crippen LogP contribution in [0.4, 0.5) is 0 Å². The molecule has 0 aromatic heterocycles. The standard InChI is InChI=1S/C41H60O11/c1-22(2)35-25(5)15-16-40(52-35)20-30-18-29(51-40)14-13-24(4)36(50-33-19-32(45-8)34(42)27(7)48-33)23(3)11-10-12-28-21-47-38-37(46-9)26(6)17-31(39(43)49-30)41(28,38)44/h10-13,15-17,22-23,25,27,29-38,42,44H,14,18-21H2,1-9H3/b11-10+,24-13+,28-12+/t23-,25-,27-,29+,30-,31-,32-,33-,34-,35+,36-,37+,38+,40-,41+/m0/s1. The van der Waals surface area contributed by atoms with Gasteiger partial charge in [-0.15, -0.1) is 0 Å². The van der Waals surface area contributed by atoms with E-state index in [0.717, 1.165) is 11.1 Å². The van der Waals surface area contributed by atoms with Crippen LogP contribution in [0.1, 0.15) is 74.1 Å². The van der Waals surface area contributed by atoms with Crippen LogP contribution in [0.5, 0.6) is 0 Å². The van der Waals surface area contributed by atoms with Crippen molar-refractivity contribution in [1.29, 1.82) is 0 Å². The molecule has 3 saturated heterocycles. The zero-order valence-corrected chi connectivity index (χ0v) is 32.2. The normalized spacial score (nSPS) is 48.3. The topological polar surface area (TPSA) is 131 Å². The van der Waals surface area contributed by atoms with Crippen molar-refractivity contribution < 1.29 is 52.9 Å². The molecule has 3 fully saturated rings. The largest absolute Gasteiger partial charge is 0.462 e. The molecule has 1 aliphatic carbocycles. The SMILES string of the molecule is CO[C@H]1C[C@H](O[C@@H]2/C(C)=C/C[C@@H]3C[C@@H](C[C@@]4(C=C[C@H](C)[C@@H](C(C)C)O4)O3)OC(=O)[C@@H]3C=C(C)[C@@H](OC)[C@H]4OC/C(=C\C=C\[C@@H]2C)[C@]43O)O[C@@H](C)[C@@H]1O. The number of hydrogen-bond donors (Lipinski definition) is 2. The van der Waals surface area contributed by atoms with Gasteiger partial charge in [-0.3, -0.25) is 4.79 Å². The molecule has 290 valence electrons. The summed E-state index contributed by atoms with van der Waals surface area (Å²) in [4.78, 5) is 14.3. The first-order chi connectivity index (χ1) is 24.7. The van der Waals surface area contributed by atoms with Crippen LogP contribution < -0.4 is 0 Å². The zero-order valence-electron chi connectivity index (χ0n) is 32.2. The summed E-state index contributed by atoms with van der Waals surface area (Å²) in [6.07, 6.45) is 10.6. The maximum absolute atomic E-state index is 14.3. The van der Waals surface area contributed by atoms with E-state index in [1.807, 2.05) is 45.1 Å². The predicted molar refractivity (Wildman–Crippen MR) is 193 cm³/mol. The van der Waals surface area contributed by atoms with Gasteiger partial charge in [0.1, 0.15) is 35.9 Å². The molecular weight excluding hydrogens is 668 g/mol. The average Bonchev–Trinajstić information content (AvgIpc) is 3.43. The van der Waals surface area contributed by atoms with Crippen molar-refractivity contribution in [2.24, 2.45) is 23.7 Å². The van der Waals surface area contributed by atoms with E-state index in [0.29, 0.717) is 31.3 Å². The minimum Gasteiger partial charge on any atom is -0.462 e. The molecule has 0 aromatic carbocycles. The molecule has 11 nitrogen and oxygen atoms in total. The number of rotatable bonds is 5. The fraction of sp³-hybridized carbons (Fsp3) is 0.732. The Balaban J connectivity index is 1.39. The first kappa shape index (κ1) is 39.5. The molecule has 2 bridgehead atoms. The second-order valence-electron chi connectivity index (χ2n) is 16.1. The van der Waals surface area contributed by atoms with E-state index in [4.69, 9.17) is 37.9 Å². The van der Waals surface area contributed by atoms with E-state index in [9.17, 15) is 15.0 Å². The number of aliphatic hydroxyl groups excluding tert-OH is 1. The molecule has 2 N–H and O–H groups in total. The van der Waals surface area contributed by atoms with Crippen molar-refractivity contribution in [1.82, 2.24) is 0 Å². The fourth-order valence-corrected chi connectivity index (χ4v) is 9.04. The van der Waals surface area contributed by atoms with Crippen LogP contribution in [0.3, 0.4) is 0 Å². The number of allylic oxidation sites excluding steroid dienone is 2. The molecule has 0 unspecified atom stereocenters. The summed E-state index contributed by atoms with van der Waals surface area (Å²) >= 11 is 0. The van der Waals surface area contributed by atoms with E-state index in [1.54, 1.807) is 20.3 Å². The van der Waals surface area contributed by atoms with Crippen LogP contribution in [0.25, 0.3) is 0 Å². The van der Waals surface area contributed by atoms with Crippen molar-refractivity contribution >= 4 is 5.97 Å². The van der Waals surface area contributed by atoms with Crippen LogP contribution >= 0.6 is 0 Å². The van der Waals surface area contributed by atoms with Gasteiger partial charge >= 0.3 is 5.97 Å². The van der Waals surface area contributed by atoms with Crippen molar-refractivity contribution in [3.8, 4) is 0 Å². The van der Waals surface area contributed by atoms with E-state index >= 15 is 0 Å². The number of methoxy groups -OCH3 is 2. The minimum atomic E-state index is -1.68. The average molecular weight is 729 g/mol. The third kappa shape index (κ3) is 7.68. The van der Waals surface area contributed by atoms with Gasteiger partial charge in [0.25, 0.3) is 0 Å². The summed E-state index contributed by atoms with van der Waals surface area (Å²) in [6.45, 7) is 14.4. The first-order valence-electron chi connectivity index (χ1n) is 19.1. The van der Waals surface area contributed by atoms with Crippen LogP contribution in [0.2, 0.25) is 0 Å². The molecule has 5 aliphatic heterocycles. The number of ether oxygens (including phenoxy) is 8. The molecule has 0 saturated carbocycles. The lowest BCUT2D eigenvalue weighted by atomic mass is 9.70. The Morgan fingerprint density at radius 1 is 0.962 bits per heavy atom. The van der Waals surface area contributed by atoms with Crippen LogP contribution in [-0.2, 0) is 42.7 Å². The van der Waals surface area contributed by atoms with Gasteiger partial charge in [-0.05, 0) is 55.9 Å². The molecule has 6 rings (SSSR count). The van der Waals surface area contributed by atoms with Crippen molar-refractivity contribution in [2.75, 3.05) is 20.8 Å². The van der Waals surface area contributed by atoms with Gasteiger partial charge in [0, 0.05) is 45.3 Å². The number of fused-ring (bicyclic) bond motifs is 2. The van der Waals surface area contributed by atoms with Crippen LogP contribution in [0.15, 0.2) is 59.3 Å². The van der Waals surface area contributed by atoms with E-state index < -0.39 is 72.3 Å². The third-order valence-corrected chi connectivity index (χ3v) is 11.9. The summed E-state index contributed by atoms with van der Waals surface area (Å²) in [5.74, 6) is -2.29. The molecule has 0 radical (unpaired) electrons. The van der Waals surface area contributed by atoms with Gasteiger partial charge in [0.05, 0.1) is 37.1 Å². The monoisotopic (exact) mass is 728 g/mol. The van der Waals surface area contributed by atoms with Crippen molar-refractivity contribution in [3.63, 3.8) is 0 Å². The highest BCUT2D eigenvalue weighted by molar-refractivity contribution is 5.78.